The lowest BCUT2D eigenvalue weighted by Gasteiger charge is -2.07. The van der Waals surface area contributed by atoms with Crippen LogP contribution in [0.25, 0.3) is 0 Å². The molecule has 0 spiro atoms. The van der Waals surface area contributed by atoms with Crippen molar-refractivity contribution in [1.29, 1.82) is 0 Å². The minimum absolute atomic E-state index is 0.272. The fourth-order valence-corrected chi connectivity index (χ4v) is 1.14. The lowest BCUT2D eigenvalue weighted by molar-refractivity contribution is 0.0691. The fraction of sp³-hybridized carbons (Fsp3) is 0.300. The molecule has 0 aliphatic heterocycles. The Morgan fingerprint density at radius 3 is 2.71 bits per heavy atom. The molecule has 0 aromatic heterocycles. The van der Waals surface area contributed by atoms with E-state index in [1.807, 2.05) is 0 Å². The number of aryl methyl sites for hydroxylation is 1. The standard InChI is InChI=1S/C10H11FO3/c1-3-14-7-4-6(2)9(11)8(5-7)10(12)13/h4-5H,3H2,1-2H3,(H,12,13). The molecule has 14 heavy (non-hydrogen) atoms. The molecule has 1 aromatic carbocycles. The maximum Gasteiger partial charge on any atom is 0.338 e. The molecule has 1 aromatic rings. The number of halogens is 1. The zero-order valence-corrected chi connectivity index (χ0v) is 8.00. The average molecular weight is 198 g/mol. The van der Waals surface area contributed by atoms with Gasteiger partial charge in [0.15, 0.2) is 0 Å². The van der Waals surface area contributed by atoms with E-state index in [4.69, 9.17) is 9.84 Å². The highest BCUT2D eigenvalue weighted by Crippen LogP contribution is 2.21. The molecule has 3 nitrogen and oxygen atoms in total. The highest BCUT2D eigenvalue weighted by Gasteiger charge is 2.14. The van der Waals surface area contributed by atoms with E-state index in [9.17, 15) is 9.18 Å². The van der Waals surface area contributed by atoms with Crippen LogP contribution < -0.4 is 4.74 Å². The van der Waals surface area contributed by atoms with E-state index in [1.54, 1.807) is 6.92 Å². The number of carbonyl (C=O) groups is 1. The topological polar surface area (TPSA) is 46.5 Å². The SMILES string of the molecule is CCOc1cc(C)c(F)c(C(=O)O)c1. The minimum atomic E-state index is -1.29. The van der Waals surface area contributed by atoms with Crippen molar-refractivity contribution in [1.82, 2.24) is 0 Å². The molecule has 0 aliphatic rings. The van der Waals surface area contributed by atoms with E-state index in [1.165, 1.54) is 19.1 Å². The van der Waals surface area contributed by atoms with Gasteiger partial charge in [-0.25, -0.2) is 9.18 Å². The van der Waals surface area contributed by atoms with Crippen molar-refractivity contribution in [3.63, 3.8) is 0 Å². The monoisotopic (exact) mass is 198 g/mol. The van der Waals surface area contributed by atoms with Gasteiger partial charge in [0.25, 0.3) is 0 Å². The Kier molecular flexibility index (Phi) is 3.06. The molecular formula is C10H11FO3. The van der Waals surface area contributed by atoms with Crippen LogP contribution in [0.5, 0.6) is 5.75 Å². The number of hydrogen-bond donors (Lipinski definition) is 1. The van der Waals surface area contributed by atoms with Crippen LogP contribution in [0.3, 0.4) is 0 Å². The number of carboxylic acid groups (broad SMARTS) is 1. The molecule has 4 heteroatoms. The molecule has 1 N–H and O–H groups in total. The minimum Gasteiger partial charge on any atom is -0.494 e. The molecule has 0 heterocycles. The zero-order valence-electron chi connectivity index (χ0n) is 8.00. The summed E-state index contributed by atoms with van der Waals surface area (Å²) in [4.78, 5) is 10.6. The van der Waals surface area contributed by atoms with Crippen LogP contribution in [0, 0.1) is 12.7 Å². The van der Waals surface area contributed by atoms with Crippen LogP contribution in [-0.4, -0.2) is 17.7 Å². The van der Waals surface area contributed by atoms with Crippen LogP contribution in [0.15, 0.2) is 12.1 Å². The molecule has 0 atom stereocenters. The molecule has 0 saturated heterocycles. The Bertz CT molecular complexity index is 361. The summed E-state index contributed by atoms with van der Waals surface area (Å²) in [6.45, 7) is 3.70. The van der Waals surface area contributed by atoms with Gasteiger partial charge in [-0.15, -0.1) is 0 Å². The first-order valence-corrected chi connectivity index (χ1v) is 4.22. The van der Waals surface area contributed by atoms with Crippen LogP contribution in [0.2, 0.25) is 0 Å². The van der Waals surface area contributed by atoms with Crippen molar-refractivity contribution in [3.05, 3.63) is 29.1 Å². The molecule has 1 rings (SSSR count). The molecule has 0 fully saturated rings. The van der Waals surface area contributed by atoms with Gasteiger partial charge in [0.1, 0.15) is 11.6 Å². The van der Waals surface area contributed by atoms with Gasteiger partial charge in [0.05, 0.1) is 12.2 Å². The van der Waals surface area contributed by atoms with Gasteiger partial charge in [-0.2, -0.15) is 0 Å². The van der Waals surface area contributed by atoms with Crippen LogP contribution in [-0.2, 0) is 0 Å². The smallest absolute Gasteiger partial charge is 0.338 e. The number of rotatable bonds is 3. The van der Waals surface area contributed by atoms with E-state index in [-0.39, 0.29) is 11.1 Å². The summed E-state index contributed by atoms with van der Waals surface area (Å²) in [5.41, 5.74) is -0.0817. The van der Waals surface area contributed by atoms with Crippen LogP contribution in [0.4, 0.5) is 4.39 Å². The third kappa shape index (κ3) is 2.02. The molecule has 0 radical (unpaired) electrons. The number of hydrogen-bond acceptors (Lipinski definition) is 2. The first kappa shape index (κ1) is 10.5. The first-order chi connectivity index (χ1) is 6.56. The number of aromatic carboxylic acids is 1. The molecule has 76 valence electrons. The van der Waals surface area contributed by atoms with Gasteiger partial charge in [0.2, 0.25) is 0 Å². The summed E-state index contributed by atoms with van der Waals surface area (Å²) in [5, 5.41) is 8.69. The summed E-state index contributed by atoms with van der Waals surface area (Å²) in [5.74, 6) is -1.61. The second-order valence-corrected chi connectivity index (χ2v) is 2.84. The number of ether oxygens (including phenoxy) is 1. The second kappa shape index (κ2) is 4.09. The third-order valence-corrected chi connectivity index (χ3v) is 1.77. The van der Waals surface area contributed by atoms with E-state index in [0.717, 1.165) is 0 Å². The Morgan fingerprint density at radius 2 is 2.21 bits per heavy atom. The largest absolute Gasteiger partial charge is 0.494 e. The van der Waals surface area contributed by atoms with E-state index < -0.39 is 11.8 Å². The third-order valence-electron chi connectivity index (χ3n) is 1.77. The summed E-state index contributed by atoms with van der Waals surface area (Å²) in [6.07, 6.45) is 0. The quantitative estimate of drug-likeness (QED) is 0.810. The van der Waals surface area contributed by atoms with E-state index in [0.29, 0.717) is 12.4 Å². The van der Waals surface area contributed by atoms with Crippen molar-refractivity contribution in [2.24, 2.45) is 0 Å². The molecular weight excluding hydrogens is 187 g/mol. The van der Waals surface area contributed by atoms with Gasteiger partial charge in [-0.05, 0) is 31.5 Å². The highest BCUT2D eigenvalue weighted by atomic mass is 19.1. The van der Waals surface area contributed by atoms with Crippen molar-refractivity contribution >= 4 is 5.97 Å². The summed E-state index contributed by atoms with van der Waals surface area (Å²) in [6, 6.07) is 2.67. The highest BCUT2D eigenvalue weighted by molar-refractivity contribution is 5.88. The maximum absolute atomic E-state index is 13.2. The summed E-state index contributed by atoms with van der Waals surface area (Å²) < 4.78 is 18.3. The van der Waals surface area contributed by atoms with E-state index in [2.05, 4.69) is 0 Å². The molecule has 0 bridgehead atoms. The summed E-state index contributed by atoms with van der Waals surface area (Å²) in [7, 11) is 0. The van der Waals surface area contributed by atoms with Crippen LogP contribution in [0.1, 0.15) is 22.8 Å². The molecule has 0 amide bonds. The summed E-state index contributed by atoms with van der Waals surface area (Å²) >= 11 is 0. The van der Waals surface area contributed by atoms with Crippen molar-refractivity contribution in [2.45, 2.75) is 13.8 Å². The van der Waals surface area contributed by atoms with Gasteiger partial charge >= 0.3 is 5.97 Å². The van der Waals surface area contributed by atoms with Gasteiger partial charge in [-0.3, -0.25) is 0 Å². The predicted octanol–water partition coefficient (Wildman–Crippen LogP) is 2.23. The molecule has 0 aliphatic carbocycles. The predicted molar refractivity (Wildman–Crippen MR) is 49.3 cm³/mol. The average Bonchev–Trinajstić information content (AvgIpc) is 2.11. The lowest BCUT2D eigenvalue weighted by Crippen LogP contribution is -2.04. The molecule has 0 unspecified atom stereocenters. The Hall–Kier alpha value is -1.58. The van der Waals surface area contributed by atoms with Gasteiger partial charge < -0.3 is 9.84 Å². The fourth-order valence-electron chi connectivity index (χ4n) is 1.14. The first-order valence-electron chi connectivity index (χ1n) is 4.22. The van der Waals surface area contributed by atoms with E-state index >= 15 is 0 Å². The van der Waals surface area contributed by atoms with Crippen molar-refractivity contribution < 1.29 is 19.0 Å². The zero-order chi connectivity index (χ0) is 10.7. The Balaban J connectivity index is 3.21. The lowest BCUT2D eigenvalue weighted by atomic mass is 10.1. The van der Waals surface area contributed by atoms with Gasteiger partial charge in [-0.1, -0.05) is 0 Å². The molecule has 0 saturated carbocycles. The van der Waals surface area contributed by atoms with Crippen molar-refractivity contribution in [2.75, 3.05) is 6.61 Å². The second-order valence-electron chi connectivity index (χ2n) is 2.84. The number of benzene rings is 1. The van der Waals surface area contributed by atoms with Gasteiger partial charge in [0, 0.05) is 0 Å². The maximum atomic E-state index is 13.2. The number of carboxylic acids is 1. The van der Waals surface area contributed by atoms with Crippen LogP contribution >= 0.6 is 0 Å². The normalized spacial score (nSPS) is 9.93. The Morgan fingerprint density at radius 1 is 1.57 bits per heavy atom. The Labute approximate surface area is 81.1 Å². The van der Waals surface area contributed by atoms with Crippen molar-refractivity contribution in [3.8, 4) is 5.75 Å².